The average Bonchev–Trinajstić information content (AvgIpc) is 3.00. The summed E-state index contributed by atoms with van der Waals surface area (Å²) in [5.41, 5.74) is -0.752. The van der Waals surface area contributed by atoms with Crippen molar-refractivity contribution in [3.8, 4) is 0 Å². The third-order valence-electron chi connectivity index (χ3n) is 4.20. The van der Waals surface area contributed by atoms with Crippen molar-refractivity contribution >= 4 is 6.03 Å². The van der Waals surface area contributed by atoms with Gasteiger partial charge in [0.25, 0.3) is 0 Å². The van der Waals surface area contributed by atoms with Crippen LogP contribution >= 0.6 is 0 Å². The molecule has 2 amide bonds. The molecule has 0 radical (unpaired) electrons. The van der Waals surface area contributed by atoms with Crippen molar-refractivity contribution in [3.63, 3.8) is 0 Å². The van der Waals surface area contributed by atoms with E-state index in [0.29, 0.717) is 19.0 Å². The fraction of sp³-hybridized carbons (Fsp3) is 0.625. The second kappa shape index (κ2) is 7.83. The fourth-order valence-corrected chi connectivity index (χ4v) is 2.75. The zero-order valence-electron chi connectivity index (χ0n) is 13.9. The normalized spacial score (nSPS) is 18.2. The molecule has 0 aliphatic carbocycles. The van der Waals surface area contributed by atoms with E-state index in [-0.39, 0.29) is 18.3 Å². The second-order valence-electron chi connectivity index (χ2n) is 6.13. The Kier molecular flexibility index (Phi) is 6.04. The first-order chi connectivity index (χ1) is 11.3. The Hall–Kier alpha value is -1.83. The summed E-state index contributed by atoms with van der Waals surface area (Å²) in [6.45, 7) is 5.32. The fourth-order valence-electron chi connectivity index (χ4n) is 2.75. The zero-order chi connectivity index (χ0) is 17.7. The molecule has 1 aliphatic rings. The third-order valence-corrected chi connectivity index (χ3v) is 4.20. The van der Waals surface area contributed by atoms with Crippen LogP contribution < -0.4 is 5.32 Å². The van der Waals surface area contributed by atoms with Gasteiger partial charge in [-0.05, 0) is 38.1 Å². The average molecular weight is 344 g/mol. The molecule has 2 rings (SSSR count). The Labute approximate surface area is 139 Å². The first-order valence-electron chi connectivity index (χ1n) is 8.04. The van der Waals surface area contributed by atoms with E-state index >= 15 is 0 Å². The SMILES string of the molecule is CCN(C)CC1CCN(C(=O)NCc2cccc(C(F)(F)F)n2)C1. The lowest BCUT2D eigenvalue weighted by Gasteiger charge is -2.20. The molecule has 24 heavy (non-hydrogen) atoms. The van der Waals surface area contributed by atoms with E-state index < -0.39 is 11.9 Å². The second-order valence-corrected chi connectivity index (χ2v) is 6.13. The van der Waals surface area contributed by atoms with Crippen LogP contribution in [0.25, 0.3) is 0 Å². The van der Waals surface area contributed by atoms with E-state index in [1.807, 2.05) is 7.05 Å². The smallest absolute Gasteiger partial charge is 0.332 e. The number of carbonyl (C=O) groups is 1. The predicted molar refractivity (Wildman–Crippen MR) is 84.3 cm³/mol. The van der Waals surface area contributed by atoms with Crippen molar-refractivity contribution in [1.29, 1.82) is 0 Å². The van der Waals surface area contributed by atoms with Crippen LogP contribution in [-0.2, 0) is 12.7 Å². The van der Waals surface area contributed by atoms with E-state index in [0.717, 1.165) is 25.6 Å². The number of carbonyl (C=O) groups excluding carboxylic acids is 1. The maximum atomic E-state index is 12.6. The van der Waals surface area contributed by atoms with Gasteiger partial charge in [-0.2, -0.15) is 13.2 Å². The number of nitrogens with one attached hydrogen (secondary N) is 1. The molecule has 5 nitrogen and oxygen atoms in total. The molecular weight excluding hydrogens is 321 g/mol. The molecule has 1 aliphatic heterocycles. The number of amides is 2. The number of likely N-dealkylation sites (tertiary alicyclic amines) is 1. The van der Waals surface area contributed by atoms with E-state index in [4.69, 9.17) is 0 Å². The lowest BCUT2D eigenvalue weighted by atomic mass is 10.1. The van der Waals surface area contributed by atoms with Crippen LogP contribution in [-0.4, -0.2) is 54.0 Å². The molecule has 0 bridgehead atoms. The van der Waals surface area contributed by atoms with Crippen LogP contribution in [0.1, 0.15) is 24.7 Å². The van der Waals surface area contributed by atoms with Gasteiger partial charge in [0.2, 0.25) is 0 Å². The summed E-state index contributed by atoms with van der Waals surface area (Å²) in [5.74, 6) is 0.437. The molecule has 134 valence electrons. The number of rotatable bonds is 5. The number of aromatic nitrogens is 1. The maximum Gasteiger partial charge on any atom is 0.433 e. The molecule has 1 aromatic heterocycles. The van der Waals surface area contributed by atoms with Gasteiger partial charge in [0.1, 0.15) is 5.69 Å². The Bertz CT molecular complexity index is 564. The number of halogens is 3. The molecule has 8 heteroatoms. The quantitative estimate of drug-likeness (QED) is 0.893. The van der Waals surface area contributed by atoms with Gasteiger partial charge in [0.05, 0.1) is 12.2 Å². The lowest BCUT2D eigenvalue weighted by Crippen LogP contribution is -2.39. The number of urea groups is 1. The van der Waals surface area contributed by atoms with Crippen LogP contribution in [0.2, 0.25) is 0 Å². The number of hydrogen-bond donors (Lipinski definition) is 1. The molecule has 1 atom stereocenters. The Morgan fingerprint density at radius 2 is 2.21 bits per heavy atom. The first kappa shape index (κ1) is 18.5. The summed E-state index contributed by atoms with van der Waals surface area (Å²) >= 11 is 0. The lowest BCUT2D eigenvalue weighted by molar-refractivity contribution is -0.141. The summed E-state index contributed by atoms with van der Waals surface area (Å²) in [6, 6.07) is 3.43. The first-order valence-corrected chi connectivity index (χ1v) is 8.04. The van der Waals surface area contributed by atoms with E-state index in [1.165, 1.54) is 12.1 Å². The molecule has 0 saturated carbocycles. The van der Waals surface area contributed by atoms with Gasteiger partial charge < -0.3 is 15.1 Å². The van der Waals surface area contributed by atoms with Crippen LogP contribution in [0.4, 0.5) is 18.0 Å². The molecule has 1 aromatic rings. The highest BCUT2D eigenvalue weighted by atomic mass is 19.4. The Morgan fingerprint density at radius 3 is 2.88 bits per heavy atom. The monoisotopic (exact) mass is 344 g/mol. The van der Waals surface area contributed by atoms with Crippen molar-refractivity contribution in [1.82, 2.24) is 20.1 Å². The molecule has 1 unspecified atom stereocenters. The molecule has 1 N–H and O–H groups in total. The zero-order valence-corrected chi connectivity index (χ0v) is 13.9. The van der Waals surface area contributed by atoms with Crippen LogP contribution in [0.3, 0.4) is 0 Å². The van der Waals surface area contributed by atoms with Gasteiger partial charge in [0, 0.05) is 19.6 Å². The van der Waals surface area contributed by atoms with Gasteiger partial charge in [0.15, 0.2) is 0 Å². The van der Waals surface area contributed by atoms with Gasteiger partial charge in [-0.15, -0.1) is 0 Å². The molecular formula is C16H23F3N4O. The van der Waals surface area contributed by atoms with E-state index in [1.54, 1.807) is 4.90 Å². The largest absolute Gasteiger partial charge is 0.433 e. The van der Waals surface area contributed by atoms with Gasteiger partial charge in [-0.25, -0.2) is 9.78 Å². The highest BCUT2D eigenvalue weighted by Gasteiger charge is 2.32. The van der Waals surface area contributed by atoms with Crippen molar-refractivity contribution in [2.75, 3.05) is 33.2 Å². The summed E-state index contributed by atoms with van der Waals surface area (Å²) in [7, 11) is 2.04. The Morgan fingerprint density at radius 1 is 1.46 bits per heavy atom. The third kappa shape index (κ3) is 5.09. The molecule has 1 saturated heterocycles. The number of nitrogens with zero attached hydrogens (tertiary/aromatic N) is 3. The molecule has 0 aromatic carbocycles. The van der Waals surface area contributed by atoms with E-state index in [9.17, 15) is 18.0 Å². The van der Waals surface area contributed by atoms with Gasteiger partial charge >= 0.3 is 12.2 Å². The standard InChI is InChI=1S/C16H23F3N4O/c1-3-22(2)10-12-7-8-23(11-12)15(24)20-9-13-5-4-6-14(21-13)16(17,18)19/h4-6,12H,3,7-11H2,1-2H3,(H,20,24). The summed E-state index contributed by atoms with van der Waals surface area (Å²) < 4.78 is 37.9. The van der Waals surface area contributed by atoms with Crippen molar-refractivity contribution < 1.29 is 18.0 Å². The van der Waals surface area contributed by atoms with E-state index in [2.05, 4.69) is 22.1 Å². The van der Waals surface area contributed by atoms with Crippen molar-refractivity contribution in [3.05, 3.63) is 29.6 Å². The number of alkyl halides is 3. The van der Waals surface area contributed by atoms with Crippen LogP contribution in [0.15, 0.2) is 18.2 Å². The van der Waals surface area contributed by atoms with Crippen LogP contribution in [0, 0.1) is 5.92 Å². The molecule has 2 heterocycles. The molecule has 1 fully saturated rings. The summed E-state index contributed by atoms with van der Waals surface area (Å²) in [4.78, 5) is 19.6. The Balaban J connectivity index is 1.84. The minimum absolute atomic E-state index is 0.0151. The minimum atomic E-state index is -4.48. The summed E-state index contributed by atoms with van der Waals surface area (Å²) in [5, 5.41) is 2.65. The highest BCUT2D eigenvalue weighted by Crippen LogP contribution is 2.27. The maximum absolute atomic E-state index is 12.6. The predicted octanol–water partition coefficient (Wildman–Crippen LogP) is 2.58. The number of pyridine rings is 1. The van der Waals surface area contributed by atoms with Gasteiger partial charge in [-0.1, -0.05) is 13.0 Å². The van der Waals surface area contributed by atoms with Crippen LogP contribution in [0.5, 0.6) is 0 Å². The topological polar surface area (TPSA) is 48.5 Å². The highest BCUT2D eigenvalue weighted by molar-refractivity contribution is 5.74. The van der Waals surface area contributed by atoms with Crippen molar-refractivity contribution in [2.45, 2.75) is 26.1 Å². The summed E-state index contributed by atoms with van der Waals surface area (Å²) in [6.07, 6.45) is -3.53. The van der Waals surface area contributed by atoms with Gasteiger partial charge in [-0.3, -0.25) is 0 Å². The minimum Gasteiger partial charge on any atom is -0.332 e. The number of hydrogen-bond acceptors (Lipinski definition) is 3. The van der Waals surface area contributed by atoms with Crippen molar-refractivity contribution in [2.24, 2.45) is 5.92 Å². The molecule has 0 spiro atoms.